The van der Waals surface area contributed by atoms with Gasteiger partial charge in [0.25, 0.3) is 0 Å². The molecule has 1 aromatic rings. The zero-order chi connectivity index (χ0) is 13.1. The topological polar surface area (TPSA) is 33.2 Å². The van der Waals surface area contributed by atoms with Gasteiger partial charge in [-0.05, 0) is 37.3 Å². The molecule has 0 N–H and O–H groups in total. The van der Waals surface area contributed by atoms with E-state index in [9.17, 15) is 4.79 Å². The van der Waals surface area contributed by atoms with E-state index in [1.54, 1.807) is 0 Å². The van der Waals surface area contributed by atoms with Gasteiger partial charge in [0.15, 0.2) is 0 Å². The van der Waals surface area contributed by atoms with Gasteiger partial charge in [-0.2, -0.15) is 0 Å². The number of pyridine rings is 1. The van der Waals surface area contributed by atoms with Crippen LogP contribution in [0.1, 0.15) is 44.4 Å². The predicted octanol–water partition coefficient (Wildman–Crippen LogP) is 3.11. The monoisotopic (exact) mass is 246 g/mol. The van der Waals surface area contributed by atoms with Crippen LogP contribution >= 0.6 is 0 Å². The number of anilines is 1. The van der Waals surface area contributed by atoms with Crippen molar-refractivity contribution in [3.8, 4) is 0 Å². The van der Waals surface area contributed by atoms with Crippen LogP contribution < -0.4 is 4.90 Å². The van der Waals surface area contributed by atoms with Crippen LogP contribution in [0.3, 0.4) is 0 Å². The van der Waals surface area contributed by atoms with E-state index in [1.807, 2.05) is 17.9 Å². The van der Waals surface area contributed by atoms with Crippen molar-refractivity contribution < 1.29 is 4.79 Å². The minimum Gasteiger partial charge on any atom is -0.297 e. The third-order valence-corrected chi connectivity index (χ3v) is 3.70. The number of hydrogen-bond acceptors (Lipinski definition) is 2. The Bertz CT molecular complexity index is 442. The van der Waals surface area contributed by atoms with Gasteiger partial charge in [0, 0.05) is 18.7 Å². The van der Waals surface area contributed by atoms with Gasteiger partial charge in [-0.15, -0.1) is 0 Å². The molecular weight excluding hydrogens is 224 g/mol. The van der Waals surface area contributed by atoms with Gasteiger partial charge in [-0.25, -0.2) is 4.98 Å². The largest absolute Gasteiger partial charge is 0.297 e. The summed E-state index contributed by atoms with van der Waals surface area (Å²) in [7, 11) is 0. The van der Waals surface area contributed by atoms with Crippen LogP contribution in [0.2, 0.25) is 0 Å². The molecular formula is C15H22N2O. The molecule has 3 nitrogen and oxygen atoms in total. The van der Waals surface area contributed by atoms with Gasteiger partial charge in [0.1, 0.15) is 5.82 Å². The summed E-state index contributed by atoms with van der Waals surface area (Å²) >= 11 is 0. The van der Waals surface area contributed by atoms with E-state index in [0.29, 0.717) is 12.3 Å². The number of aromatic nitrogens is 1. The number of aryl methyl sites for hydroxylation is 2. The van der Waals surface area contributed by atoms with Crippen molar-refractivity contribution in [3.05, 3.63) is 23.4 Å². The molecule has 0 spiro atoms. The Morgan fingerprint density at radius 1 is 1.50 bits per heavy atom. The van der Waals surface area contributed by atoms with E-state index in [-0.39, 0.29) is 5.91 Å². The molecule has 0 radical (unpaired) electrons. The van der Waals surface area contributed by atoms with E-state index in [2.05, 4.69) is 24.9 Å². The predicted molar refractivity (Wildman–Crippen MR) is 73.7 cm³/mol. The van der Waals surface area contributed by atoms with Crippen LogP contribution in [0.4, 0.5) is 5.82 Å². The van der Waals surface area contributed by atoms with Gasteiger partial charge in [0.05, 0.1) is 0 Å². The lowest BCUT2D eigenvalue weighted by atomic mass is 10.0. The van der Waals surface area contributed by atoms with E-state index in [4.69, 9.17) is 0 Å². The molecule has 0 aliphatic carbocycles. The van der Waals surface area contributed by atoms with Crippen LogP contribution in [0.25, 0.3) is 0 Å². The summed E-state index contributed by atoms with van der Waals surface area (Å²) in [6.45, 7) is 7.06. The summed E-state index contributed by atoms with van der Waals surface area (Å²) in [6, 6.07) is 4.14. The highest BCUT2D eigenvalue weighted by Gasteiger charge is 2.24. The minimum atomic E-state index is 0.225. The van der Waals surface area contributed by atoms with E-state index >= 15 is 0 Å². The van der Waals surface area contributed by atoms with Gasteiger partial charge in [-0.3, -0.25) is 9.69 Å². The first kappa shape index (κ1) is 13.1. The molecule has 1 atom stereocenters. The number of carbonyl (C=O) groups excluding carboxylic acids is 1. The van der Waals surface area contributed by atoms with Crippen LogP contribution in [0.15, 0.2) is 12.1 Å². The zero-order valence-corrected chi connectivity index (χ0v) is 11.6. The Morgan fingerprint density at radius 2 is 2.28 bits per heavy atom. The van der Waals surface area contributed by atoms with Crippen LogP contribution in [-0.4, -0.2) is 17.4 Å². The molecule has 98 valence electrons. The molecule has 0 aromatic carbocycles. The van der Waals surface area contributed by atoms with Crippen molar-refractivity contribution in [3.63, 3.8) is 0 Å². The molecule has 0 fully saturated rings. The highest BCUT2D eigenvalue weighted by molar-refractivity contribution is 5.93. The quantitative estimate of drug-likeness (QED) is 0.821. The highest BCUT2D eigenvalue weighted by atomic mass is 16.2. The minimum absolute atomic E-state index is 0.225. The summed E-state index contributed by atoms with van der Waals surface area (Å²) in [5.41, 5.74) is 2.20. The van der Waals surface area contributed by atoms with E-state index in [1.165, 1.54) is 5.56 Å². The molecule has 0 saturated carbocycles. The molecule has 1 unspecified atom stereocenters. The van der Waals surface area contributed by atoms with Crippen molar-refractivity contribution >= 4 is 11.7 Å². The van der Waals surface area contributed by atoms with Gasteiger partial charge >= 0.3 is 0 Å². The Hall–Kier alpha value is -1.38. The fourth-order valence-electron chi connectivity index (χ4n) is 2.33. The summed E-state index contributed by atoms with van der Waals surface area (Å²) in [5, 5.41) is 0. The summed E-state index contributed by atoms with van der Waals surface area (Å²) in [6.07, 6.45) is 3.76. The normalized spacial score (nSPS) is 16.3. The molecule has 0 saturated heterocycles. The first-order valence-electron chi connectivity index (χ1n) is 6.88. The molecule has 1 aliphatic rings. The Morgan fingerprint density at radius 3 is 3.00 bits per heavy atom. The number of rotatable bonds is 3. The number of fused-ring (bicyclic) bond motifs is 1. The van der Waals surface area contributed by atoms with Crippen molar-refractivity contribution in [2.24, 2.45) is 5.92 Å². The van der Waals surface area contributed by atoms with Crippen LogP contribution in [0, 0.1) is 12.8 Å². The van der Waals surface area contributed by atoms with Gasteiger partial charge in [0.2, 0.25) is 5.91 Å². The fraction of sp³-hybridized carbons (Fsp3) is 0.600. The van der Waals surface area contributed by atoms with E-state index in [0.717, 1.165) is 37.3 Å². The summed E-state index contributed by atoms with van der Waals surface area (Å²) < 4.78 is 0. The average molecular weight is 246 g/mol. The molecule has 1 aromatic heterocycles. The smallest absolute Gasteiger partial charge is 0.228 e. The zero-order valence-electron chi connectivity index (χ0n) is 11.6. The molecule has 1 aliphatic heterocycles. The Balaban J connectivity index is 2.21. The number of nitrogens with zero attached hydrogens (tertiary/aromatic N) is 2. The Labute approximate surface area is 109 Å². The molecule has 18 heavy (non-hydrogen) atoms. The number of carbonyl (C=O) groups is 1. The SMILES string of the molecule is CCC(C)CC(=O)N1CCCc2ccc(C)nc21. The maximum Gasteiger partial charge on any atom is 0.228 e. The highest BCUT2D eigenvalue weighted by Crippen LogP contribution is 2.26. The number of hydrogen-bond donors (Lipinski definition) is 0. The number of amides is 1. The van der Waals surface area contributed by atoms with E-state index < -0.39 is 0 Å². The maximum atomic E-state index is 12.3. The third kappa shape index (κ3) is 2.71. The summed E-state index contributed by atoms with van der Waals surface area (Å²) in [4.78, 5) is 18.8. The van der Waals surface area contributed by atoms with Crippen molar-refractivity contribution in [1.82, 2.24) is 4.98 Å². The van der Waals surface area contributed by atoms with Crippen LogP contribution in [-0.2, 0) is 11.2 Å². The Kier molecular flexibility index (Phi) is 4.00. The lowest BCUT2D eigenvalue weighted by molar-refractivity contribution is -0.119. The molecule has 1 amide bonds. The second-order valence-electron chi connectivity index (χ2n) is 5.30. The van der Waals surface area contributed by atoms with Crippen molar-refractivity contribution in [2.45, 2.75) is 46.5 Å². The second-order valence-corrected chi connectivity index (χ2v) is 5.30. The lowest BCUT2D eigenvalue weighted by Crippen LogP contribution is -2.37. The van der Waals surface area contributed by atoms with Crippen LogP contribution in [0.5, 0.6) is 0 Å². The lowest BCUT2D eigenvalue weighted by Gasteiger charge is -2.29. The molecule has 2 heterocycles. The van der Waals surface area contributed by atoms with Crippen molar-refractivity contribution in [1.29, 1.82) is 0 Å². The third-order valence-electron chi connectivity index (χ3n) is 3.70. The second kappa shape index (κ2) is 5.51. The van der Waals surface area contributed by atoms with Gasteiger partial charge in [-0.1, -0.05) is 26.3 Å². The molecule has 2 rings (SSSR count). The first-order chi connectivity index (χ1) is 8.61. The maximum absolute atomic E-state index is 12.3. The first-order valence-corrected chi connectivity index (χ1v) is 6.88. The van der Waals surface area contributed by atoms with Crippen molar-refractivity contribution in [2.75, 3.05) is 11.4 Å². The fourth-order valence-corrected chi connectivity index (χ4v) is 2.33. The summed E-state index contributed by atoms with van der Waals surface area (Å²) in [5.74, 6) is 1.57. The standard InChI is InChI=1S/C15H22N2O/c1-4-11(2)10-14(18)17-9-5-6-13-8-7-12(3)16-15(13)17/h7-8,11H,4-6,9-10H2,1-3H3. The average Bonchev–Trinajstić information content (AvgIpc) is 2.37. The van der Waals surface area contributed by atoms with Gasteiger partial charge < -0.3 is 0 Å². The molecule has 3 heteroatoms. The molecule has 0 bridgehead atoms.